The molecule has 122 valence electrons. The predicted molar refractivity (Wildman–Crippen MR) is 94.6 cm³/mol. The van der Waals surface area contributed by atoms with Crippen LogP contribution in [0.3, 0.4) is 0 Å². The fourth-order valence-corrected chi connectivity index (χ4v) is 5.04. The Bertz CT molecular complexity index is 687. The maximum atomic E-state index is 11.2. The van der Waals surface area contributed by atoms with E-state index in [9.17, 15) is 5.11 Å². The Morgan fingerprint density at radius 1 is 1.39 bits per heavy atom. The van der Waals surface area contributed by atoms with Crippen molar-refractivity contribution in [2.24, 2.45) is 28.3 Å². The van der Waals surface area contributed by atoms with Gasteiger partial charge in [-0.15, -0.1) is 0 Å². The van der Waals surface area contributed by atoms with Gasteiger partial charge in [0.15, 0.2) is 10.8 Å². The third-order valence-electron chi connectivity index (χ3n) is 6.07. The SMILES string of the molecule is CC1=NN(C(=S)NCc2ccccc2)[C@]2(O)C[C@@H]3[C@@H]([C@H]12)C3(C)C. The summed E-state index contributed by atoms with van der Waals surface area (Å²) in [5.41, 5.74) is 1.56. The summed E-state index contributed by atoms with van der Waals surface area (Å²) in [6.07, 6.45) is 0.753. The average Bonchev–Trinajstić information content (AvgIpc) is 2.83. The van der Waals surface area contributed by atoms with Crippen molar-refractivity contribution in [3.8, 4) is 0 Å². The van der Waals surface area contributed by atoms with Crippen molar-refractivity contribution < 1.29 is 5.11 Å². The van der Waals surface area contributed by atoms with Crippen molar-refractivity contribution in [1.29, 1.82) is 0 Å². The molecule has 0 amide bonds. The minimum Gasteiger partial charge on any atom is -0.368 e. The highest BCUT2D eigenvalue weighted by molar-refractivity contribution is 7.80. The number of hydrazone groups is 1. The summed E-state index contributed by atoms with van der Waals surface area (Å²) >= 11 is 5.52. The number of rotatable bonds is 2. The van der Waals surface area contributed by atoms with Gasteiger partial charge in [0.25, 0.3) is 0 Å². The van der Waals surface area contributed by atoms with E-state index in [1.165, 1.54) is 0 Å². The van der Waals surface area contributed by atoms with Crippen molar-refractivity contribution in [3.05, 3.63) is 35.9 Å². The maximum absolute atomic E-state index is 11.2. The van der Waals surface area contributed by atoms with Crippen LogP contribution in [0.15, 0.2) is 35.4 Å². The molecule has 1 aliphatic heterocycles. The second-order valence-electron chi connectivity index (χ2n) is 7.71. The van der Waals surface area contributed by atoms with E-state index in [2.05, 4.69) is 36.4 Å². The van der Waals surface area contributed by atoms with Crippen LogP contribution in [0, 0.1) is 23.2 Å². The van der Waals surface area contributed by atoms with E-state index < -0.39 is 5.72 Å². The van der Waals surface area contributed by atoms with Gasteiger partial charge in [-0.1, -0.05) is 44.2 Å². The highest BCUT2D eigenvalue weighted by atomic mass is 32.1. The van der Waals surface area contributed by atoms with E-state index in [1.54, 1.807) is 5.01 Å². The molecule has 2 saturated carbocycles. The molecule has 1 aromatic rings. The zero-order chi connectivity index (χ0) is 16.4. The Morgan fingerprint density at radius 3 is 2.78 bits per heavy atom. The summed E-state index contributed by atoms with van der Waals surface area (Å²) in [5.74, 6) is 1.21. The molecule has 4 nitrogen and oxygen atoms in total. The summed E-state index contributed by atoms with van der Waals surface area (Å²) < 4.78 is 0. The van der Waals surface area contributed by atoms with Gasteiger partial charge in [0, 0.05) is 18.7 Å². The van der Waals surface area contributed by atoms with E-state index in [0.717, 1.165) is 17.7 Å². The van der Waals surface area contributed by atoms with Gasteiger partial charge in [-0.05, 0) is 42.0 Å². The van der Waals surface area contributed by atoms with Crippen LogP contribution in [-0.2, 0) is 6.54 Å². The molecule has 1 heterocycles. The Kier molecular flexibility index (Phi) is 3.13. The van der Waals surface area contributed by atoms with Crippen LogP contribution in [0.5, 0.6) is 0 Å². The van der Waals surface area contributed by atoms with Gasteiger partial charge in [0.1, 0.15) is 0 Å². The highest BCUT2D eigenvalue weighted by Crippen LogP contribution is 2.73. The number of nitrogens with one attached hydrogen (secondary N) is 1. The fraction of sp³-hybridized carbons (Fsp3) is 0.556. The van der Waals surface area contributed by atoms with E-state index in [1.807, 2.05) is 25.1 Å². The van der Waals surface area contributed by atoms with Gasteiger partial charge in [0.05, 0.1) is 5.92 Å². The quantitative estimate of drug-likeness (QED) is 0.819. The van der Waals surface area contributed by atoms with Crippen LogP contribution in [0.1, 0.15) is 32.8 Å². The van der Waals surface area contributed by atoms with Crippen LogP contribution in [0.25, 0.3) is 0 Å². The topological polar surface area (TPSA) is 47.9 Å². The summed E-state index contributed by atoms with van der Waals surface area (Å²) in [4.78, 5) is 0. The lowest BCUT2D eigenvalue weighted by Gasteiger charge is -2.36. The zero-order valence-electron chi connectivity index (χ0n) is 13.8. The van der Waals surface area contributed by atoms with Crippen molar-refractivity contribution in [2.75, 3.05) is 0 Å². The van der Waals surface area contributed by atoms with Gasteiger partial charge < -0.3 is 10.4 Å². The minimum absolute atomic E-state index is 0.110. The molecule has 0 aromatic heterocycles. The number of hydrogen-bond donors (Lipinski definition) is 2. The molecule has 4 rings (SSSR count). The lowest BCUT2D eigenvalue weighted by Crippen LogP contribution is -2.53. The Labute approximate surface area is 142 Å². The molecule has 0 spiro atoms. The molecule has 3 aliphatic rings. The zero-order valence-corrected chi connectivity index (χ0v) is 14.6. The van der Waals surface area contributed by atoms with E-state index in [4.69, 9.17) is 12.2 Å². The predicted octanol–water partition coefficient (Wildman–Crippen LogP) is 2.73. The van der Waals surface area contributed by atoms with Gasteiger partial charge >= 0.3 is 0 Å². The summed E-state index contributed by atoms with van der Waals surface area (Å²) in [5, 5.41) is 21.3. The molecule has 5 heteroatoms. The lowest BCUT2D eigenvalue weighted by molar-refractivity contribution is -0.0860. The van der Waals surface area contributed by atoms with Crippen molar-refractivity contribution in [2.45, 2.75) is 39.5 Å². The van der Waals surface area contributed by atoms with Crippen LogP contribution in [0.4, 0.5) is 0 Å². The Hall–Kier alpha value is -1.46. The maximum Gasteiger partial charge on any atom is 0.192 e. The summed E-state index contributed by atoms with van der Waals surface area (Å²) in [7, 11) is 0. The Balaban J connectivity index is 1.49. The molecular formula is C18H23N3OS. The smallest absolute Gasteiger partial charge is 0.192 e. The molecule has 2 N–H and O–H groups in total. The fourth-order valence-electron chi connectivity index (χ4n) is 4.77. The van der Waals surface area contributed by atoms with E-state index >= 15 is 0 Å². The van der Waals surface area contributed by atoms with Crippen molar-refractivity contribution >= 4 is 23.0 Å². The van der Waals surface area contributed by atoms with E-state index in [0.29, 0.717) is 28.9 Å². The molecule has 2 fully saturated rings. The molecule has 0 saturated heterocycles. The molecule has 0 radical (unpaired) electrons. The van der Waals surface area contributed by atoms with Crippen LogP contribution in [0.2, 0.25) is 0 Å². The second-order valence-corrected chi connectivity index (χ2v) is 8.10. The molecule has 0 bridgehead atoms. The normalized spacial score (nSPS) is 36.3. The first kappa shape index (κ1) is 15.1. The first-order valence-corrected chi connectivity index (χ1v) is 8.66. The number of benzene rings is 1. The Morgan fingerprint density at radius 2 is 2.09 bits per heavy atom. The van der Waals surface area contributed by atoms with Gasteiger partial charge in [-0.2, -0.15) is 5.10 Å². The van der Waals surface area contributed by atoms with E-state index in [-0.39, 0.29) is 5.92 Å². The van der Waals surface area contributed by atoms with Crippen LogP contribution >= 0.6 is 12.2 Å². The molecule has 1 aromatic carbocycles. The molecule has 4 atom stereocenters. The first-order valence-electron chi connectivity index (χ1n) is 8.25. The third-order valence-corrected chi connectivity index (χ3v) is 6.39. The van der Waals surface area contributed by atoms with Crippen molar-refractivity contribution in [1.82, 2.24) is 10.3 Å². The molecule has 0 unspecified atom stereocenters. The number of hydrogen-bond acceptors (Lipinski definition) is 3. The third kappa shape index (κ3) is 2.06. The first-order chi connectivity index (χ1) is 10.9. The number of thiocarbonyl (C=S) groups is 1. The lowest BCUT2D eigenvalue weighted by atomic mass is 9.84. The van der Waals surface area contributed by atoms with Gasteiger partial charge in [0.2, 0.25) is 0 Å². The van der Waals surface area contributed by atoms with Gasteiger partial charge in [-0.25, -0.2) is 5.01 Å². The van der Waals surface area contributed by atoms with Crippen LogP contribution < -0.4 is 5.32 Å². The van der Waals surface area contributed by atoms with Crippen molar-refractivity contribution in [3.63, 3.8) is 0 Å². The average molecular weight is 329 g/mol. The summed E-state index contributed by atoms with van der Waals surface area (Å²) in [6.45, 7) is 7.25. The number of nitrogens with zero attached hydrogens (tertiary/aromatic N) is 2. The summed E-state index contributed by atoms with van der Waals surface area (Å²) in [6, 6.07) is 10.1. The minimum atomic E-state index is -0.935. The highest BCUT2D eigenvalue weighted by Gasteiger charge is 2.75. The molecule has 2 aliphatic carbocycles. The standard InChI is InChI=1S/C18H23N3OS/c1-11-14-15-13(17(15,2)3)9-18(14,22)21(20-11)16(23)19-10-12-7-5-4-6-8-12/h4-8,13-15,22H,9-10H2,1-3H3,(H,19,23)/t13-,14+,15+,18+/m1/s1. The number of fused-ring (bicyclic) bond motifs is 3. The number of aliphatic hydroxyl groups is 1. The van der Waals surface area contributed by atoms with Gasteiger partial charge in [-0.3, -0.25) is 0 Å². The van der Waals surface area contributed by atoms with Crippen LogP contribution in [-0.4, -0.2) is 26.7 Å². The second kappa shape index (κ2) is 4.77. The molecule has 23 heavy (non-hydrogen) atoms. The largest absolute Gasteiger partial charge is 0.368 e. The molecular weight excluding hydrogens is 306 g/mol. The monoisotopic (exact) mass is 329 g/mol.